The summed E-state index contributed by atoms with van der Waals surface area (Å²) in [4.78, 5) is 4.21. The van der Waals surface area contributed by atoms with Gasteiger partial charge in [0.2, 0.25) is 0 Å². The van der Waals surface area contributed by atoms with Gasteiger partial charge in [0.15, 0.2) is 0 Å². The van der Waals surface area contributed by atoms with Crippen molar-refractivity contribution in [3.63, 3.8) is 0 Å². The van der Waals surface area contributed by atoms with E-state index in [0.717, 1.165) is 22.2 Å². The first kappa shape index (κ1) is 10.2. The predicted molar refractivity (Wildman–Crippen MR) is 61.2 cm³/mol. The van der Waals surface area contributed by atoms with Gasteiger partial charge in [0.1, 0.15) is 10.9 Å². The third kappa shape index (κ3) is 1.89. The Hall–Kier alpha value is -1.32. The Morgan fingerprint density at radius 2 is 2.20 bits per heavy atom. The Bertz CT molecular complexity index is 499. The van der Waals surface area contributed by atoms with E-state index in [2.05, 4.69) is 4.98 Å². The summed E-state index contributed by atoms with van der Waals surface area (Å²) in [6, 6.07) is 7.43. The fourth-order valence-corrected chi connectivity index (χ4v) is 1.76. The van der Waals surface area contributed by atoms with Crippen molar-refractivity contribution in [3.05, 3.63) is 35.0 Å². The number of pyridine rings is 1. The third-order valence-electron chi connectivity index (χ3n) is 2.29. The zero-order chi connectivity index (χ0) is 10.8. The Balaban J connectivity index is 2.73. The molecule has 78 valence electrons. The van der Waals surface area contributed by atoms with Gasteiger partial charge in [-0.05, 0) is 29.8 Å². The van der Waals surface area contributed by atoms with Gasteiger partial charge in [-0.2, -0.15) is 0 Å². The highest BCUT2D eigenvalue weighted by molar-refractivity contribution is 6.29. The zero-order valence-electron chi connectivity index (χ0n) is 8.33. The standard InChI is InChI=1S/C11H11ClN2O/c1-15-8-2-3-10-9(5-8)7(6-13)4-11(12)14-10/h2-5H,6,13H2,1H3. The minimum Gasteiger partial charge on any atom is -0.497 e. The maximum absolute atomic E-state index is 5.88. The van der Waals surface area contributed by atoms with Gasteiger partial charge in [0.25, 0.3) is 0 Å². The molecule has 0 bridgehead atoms. The second-order valence-electron chi connectivity index (χ2n) is 3.19. The molecular weight excluding hydrogens is 212 g/mol. The molecule has 0 amide bonds. The van der Waals surface area contributed by atoms with E-state index in [1.54, 1.807) is 13.2 Å². The number of methoxy groups -OCH3 is 1. The Labute approximate surface area is 92.8 Å². The van der Waals surface area contributed by atoms with Crippen molar-refractivity contribution in [1.82, 2.24) is 4.98 Å². The first-order valence-corrected chi connectivity index (χ1v) is 4.95. The van der Waals surface area contributed by atoms with Crippen LogP contribution in [-0.2, 0) is 6.54 Å². The Morgan fingerprint density at radius 1 is 1.40 bits per heavy atom. The second kappa shape index (κ2) is 4.04. The van der Waals surface area contributed by atoms with Crippen LogP contribution < -0.4 is 10.5 Å². The summed E-state index contributed by atoms with van der Waals surface area (Å²) in [6.07, 6.45) is 0. The van der Waals surface area contributed by atoms with Crippen LogP contribution in [0.5, 0.6) is 5.75 Å². The van der Waals surface area contributed by atoms with Gasteiger partial charge in [-0.1, -0.05) is 11.6 Å². The molecule has 1 heterocycles. The molecule has 2 rings (SSSR count). The van der Waals surface area contributed by atoms with E-state index in [4.69, 9.17) is 22.1 Å². The lowest BCUT2D eigenvalue weighted by Crippen LogP contribution is -1.98. The van der Waals surface area contributed by atoms with E-state index in [0.29, 0.717) is 11.7 Å². The van der Waals surface area contributed by atoms with Crippen LogP contribution in [-0.4, -0.2) is 12.1 Å². The molecule has 3 nitrogen and oxygen atoms in total. The van der Waals surface area contributed by atoms with Crippen LogP contribution in [0.4, 0.5) is 0 Å². The van der Waals surface area contributed by atoms with Crippen LogP contribution in [0.3, 0.4) is 0 Å². The molecule has 0 radical (unpaired) electrons. The van der Waals surface area contributed by atoms with E-state index in [1.807, 2.05) is 18.2 Å². The first-order chi connectivity index (χ1) is 7.24. The highest BCUT2D eigenvalue weighted by Crippen LogP contribution is 2.24. The van der Waals surface area contributed by atoms with Gasteiger partial charge in [0.05, 0.1) is 12.6 Å². The lowest BCUT2D eigenvalue weighted by molar-refractivity contribution is 0.415. The van der Waals surface area contributed by atoms with E-state index >= 15 is 0 Å². The molecule has 0 aliphatic carbocycles. The van der Waals surface area contributed by atoms with Crippen molar-refractivity contribution in [1.29, 1.82) is 0 Å². The lowest BCUT2D eigenvalue weighted by atomic mass is 10.1. The van der Waals surface area contributed by atoms with Crippen molar-refractivity contribution in [2.75, 3.05) is 7.11 Å². The molecular formula is C11H11ClN2O. The highest BCUT2D eigenvalue weighted by atomic mass is 35.5. The zero-order valence-corrected chi connectivity index (χ0v) is 9.08. The van der Waals surface area contributed by atoms with Crippen molar-refractivity contribution in [2.45, 2.75) is 6.54 Å². The van der Waals surface area contributed by atoms with Crippen LogP contribution in [0.15, 0.2) is 24.3 Å². The van der Waals surface area contributed by atoms with Crippen LogP contribution in [0, 0.1) is 0 Å². The molecule has 2 N–H and O–H groups in total. The third-order valence-corrected chi connectivity index (χ3v) is 2.48. The number of hydrogen-bond donors (Lipinski definition) is 1. The van der Waals surface area contributed by atoms with Crippen molar-refractivity contribution in [2.24, 2.45) is 5.73 Å². The number of aromatic nitrogens is 1. The number of hydrogen-bond acceptors (Lipinski definition) is 3. The molecule has 0 saturated carbocycles. The normalized spacial score (nSPS) is 10.6. The van der Waals surface area contributed by atoms with Crippen molar-refractivity contribution in [3.8, 4) is 5.75 Å². The summed E-state index contributed by atoms with van der Waals surface area (Å²) in [5.41, 5.74) is 7.46. The smallest absolute Gasteiger partial charge is 0.130 e. The minimum atomic E-state index is 0.436. The summed E-state index contributed by atoms with van der Waals surface area (Å²) >= 11 is 5.88. The SMILES string of the molecule is COc1ccc2nc(Cl)cc(CN)c2c1. The fraction of sp³-hybridized carbons (Fsp3) is 0.182. The summed E-state index contributed by atoms with van der Waals surface area (Å²) in [5.74, 6) is 0.793. The Morgan fingerprint density at radius 3 is 2.87 bits per heavy atom. The van der Waals surface area contributed by atoms with Crippen LogP contribution >= 0.6 is 11.6 Å². The van der Waals surface area contributed by atoms with E-state index in [1.165, 1.54) is 0 Å². The summed E-state index contributed by atoms with van der Waals surface area (Å²) < 4.78 is 5.15. The largest absolute Gasteiger partial charge is 0.497 e. The molecule has 0 aliphatic rings. The van der Waals surface area contributed by atoms with Gasteiger partial charge in [-0.25, -0.2) is 4.98 Å². The number of nitrogens with zero attached hydrogens (tertiary/aromatic N) is 1. The number of halogens is 1. The predicted octanol–water partition coefficient (Wildman–Crippen LogP) is 2.36. The van der Waals surface area contributed by atoms with Crippen LogP contribution in [0.1, 0.15) is 5.56 Å². The maximum Gasteiger partial charge on any atom is 0.130 e. The van der Waals surface area contributed by atoms with Crippen LogP contribution in [0.2, 0.25) is 5.15 Å². The first-order valence-electron chi connectivity index (χ1n) is 4.58. The molecule has 2 aromatic rings. The molecule has 1 aromatic heterocycles. The number of ether oxygens (including phenoxy) is 1. The second-order valence-corrected chi connectivity index (χ2v) is 3.58. The van der Waals surface area contributed by atoms with E-state index in [-0.39, 0.29) is 0 Å². The van der Waals surface area contributed by atoms with E-state index in [9.17, 15) is 0 Å². The number of rotatable bonds is 2. The molecule has 15 heavy (non-hydrogen) atoms. The van der Waals surface area contributed by atoms with Crippen LogP contribution in [0.25, 0.3) is 10.9 Å². The highest BCUT2D eigenvalue weighted by Gasteiger charge is 2.04. The van der Waals surface area contributed by atoms with Gasteiger partial charge in [0, 0.05) is 11.9 Å². The average Bonchev–Trinajstić information content (AvgIpc) is 2.27. The van der Waals surface area contributed by atoms with Crippen molar-refractivity contribution >= 4 is 22.5 Å². The molecule has 0 atom stereocenters. The summed E-state index contributed by atoms with van der Waals surface area (Å²) in [7, 11) is 1.63. The van der Waals surface area contributed by atoms with Gasteiger partial charge in [-0.15, -0.1) is 0 Å². The molecule has 4 heteroatoms. The molecule has 0 fully saturated rings. The van der Waals surface area contributed by atoms with Crippen molar-refractivity contribution < 1.29 is 4.74 Å². The molecule has 0 aliphatic heterocycles. The minimum absolute atomic E-state index is 0.436. The summed E-state index contributed by atoms with van der Waals surface area (Å²) in [6.45, 7) is 0.436. The topological polar surface area (TPSA) is 48.1 Å². The fourth-order valence-electron chi connectivity index (χ4n) is 1.53. The quantitative estimate of drug-likeness (QED) is 0.794. The number of nitrogens with two attached hydrogens (primary N) is 1. The lowest BCUT2D eigenvalue weighted by Gasteiger charge is -2.06. The molecule has 0 saturated heterocycles. The molecule has 1 aromatic carbocycles. The van der Waals surface area contributed by atoms with Gasteiger partial charge < -0.3 is 10.5 Å². The average molecular weight is 223 g/mol. The van der Waals surface area contributed by atoms with Gasteiger partial charge >= 0.3 is 0 Å². The number of benzene rings is 1. The monoisotopic (exact) mass is 222 g/mol. The number of fused-ring (bicyclic) bond motifs is 1. The maximum atomic E-state index is 5.88. The Kier molecular flexibility index (Phi) is 2.75. The summed E-state index contributed by atoms with van der Waals surface area (Å²) in [5, 5.41) is 1.45. The van der Waals surface area contributed by atoms with Gasteiger partial charge in [-0.3, -0.25) is 0 Å². The van der Waals surface area contributed by atoms with E-state index < -0.39 is 0 Å². The molecule has 0 spiro atoms. The molecule has 0 unspecified atom stereocenters.